The summed E-state index contributed by atoms with van der Waals surface area (Å²) in [6.45, 7) is 6.53. The fourth-order valence-electron chi connectivity index (χ4n) is 2.95. The Hall–Kier alpha value is -1.96. The van der Waals surface area contributed by atoms with Gasteiger partial charge in [-0.25, -0.2) is 0 Å². The average Bonchev–Trinajstić information content (AvgIpc) is 2.54. The molecule has 0 aromatic heterocycles. The molecule has 0 fully saturated rings. The van der Waals surface area contributed by atoms with Crippen molar-refractivity contribution in [3.63, 3.8) is 0 Å². The Balaban J connectivity index is 1.79. The van der Waals surface area contributed by atoms with E-state index in [1.807, 2.05) is 0 Å². The third-order valence-electron chi connectivity index (χ3n) is 4.35. The van der Waals surface area contributed by atoms with Gasteiger partial charge in [-0.3, -0.25) is 0 Å². The summed E-state index contributed by atoms with van der Waals surface area (Å²) in [4.78, 5) is 2.46. The Labute approximate surface area is 127 Å². The van der Waals surface area contributed by atoms with Gasteiger partial charge in [-0.2, -0.15) is 0 Å². The van der Waals surface area contributed by atoms with Crippen molar-refractivity contribution in [1.82, 2.24) is 0 Å². The fourth-order valence-corrected chi connectivity index (χ4v) is 2.95. The largest absolute Gasteiger partial charge is 0.497 e. The van der Waals surface area contributed by atoms with Crippen molar-refractivity contribution in [3.8, 4) is 5.75 Å². The molecule has 0 saturated heterocycles. The van der Waals surface area contributed by atoms with E-state index in [1.54, 1.807) is 7.11 Å². The zero-order chi connectivity index (χ0) is 14.8. The van der Waals surface area contributed by atoms with Gasteiger partial charge in [-0.15, -0.1) is 0 Å². The van der Waals surface area contributed by atoms with Crippen LogP contribution in [0, 0.1) is 0 Å². The highest BCUT2D eigenvalue weighted by Crippen LogP contribution is 2.28. The van der Waals surface area contributed by atoms with E-state index in [4.69, 9.17) is 4.74 Å². The Morgan fingerprint density at radius 1 is 1.00 bits per heavy atom. The van der Waals surface area contributed by atoms with Gasteiger partial charge in [0, 0.05) is 18.8 Å². The molecule has 0 radical (unpaired) electrons. The summed E-state index contributed by atoms with van der Waals surface area (Å²) in [6, 6.07) is 15.4. The molecular weight excluding hydrogens is 258 g/mol. The first-order valence-electron chi connectivity index (χ1n) is 7.68. The van der Waals surface area contributed by atoms with Crippen molar-refractivity contribution in [2.24, 2.45) is 0 Å². The van der Waals surface area contributed by atoms with Crippen LogP contribution < -0.4 is 9.64 Å². The summed E-state index contributed by atoms with van der Waals surface area (Å²) in [7, 11) is 1.73. The summed E-state index contributed by atoms with van der Waals surface area (Å²) < 4.78 is 5.31. The molecule has 2 nitrogen and oxygen atoms in total. The van der Waals surface area contributed by atoms with Crippen molar-refractivity contribution in [1.29, 1.82) is 0 Å². The number of hydrogen-bond acceptors (Lipinski definition) is 2. The highest BCUT2D eigenvalue weighted by molar-refractivity contribution is 5.51. The number of methoxy groups -OCH3 is 1. The summed E-state index contributed by atoms with van der Waals surface area (Å²) in [6.07, 6.45) is 1.08. The van der Waals surface area contributed by atoms with E-state index >= 15 is 0 Å². The molecule has 2 heteroatoms. The van der Waals surface area contributed by atoms with Crippen molar-refractivity contribution < 1.29 is 4.74 Å². The maximum Gasteiger partial charge on any atom is 0.119 e. The molecule has 21 heavy (non-hydrogen) atoms. The normalized spacial score (nSPS) is 14.2. The van der Waals surface area contributed by atoms with Gasteiger partial charge >= 0.3 is 0 Å². The predicted octanol–water partition coefficient (Wildman–Crippen LogP) is 4.38. The topological polar surface area (TPSA) is 12.5 Å². The zero-order valence-electron chi connectivity index (χ0n) is 13.1. The van der Waals surface area contributed by atoms with Crippen molar-refractivity contribution >= 4 is 5.69 Å². The van der Waals surface area contributed by atoms with E-state index in [2.05, 4.69) is 61.2 Å². The number of nitrogens with zero attached hydrogens (tertiary/aromatic N) is 1. The average molecular weight is 281 g/mol. The Morgan fingerprint density at radius 3 is 2.43 bits per heavy atom. The second kappa shape index (κ2) is 5.80. The van der Waals surface area contributed by atoms with Crippen LogP contribution in [0.5, 0.6) is 5.75 Å². The van der Waals surface area contributed by atoms with Crippen LogP contribution >= 0.6 is 0 Å². The first kappa shape index (κ1) is 14.0. The number of ether oxygens (including phenoxy) is 1. The third-order valence-corrected chi connectivity index (χ3v) is 4.35. The van der Waals surface area contributed by atoms with Gasteiger partial charge < -0.3 is 9.64 Å². The standard InChI is InChI=1S/C19H23NO/c1-14(2)15-4-7-18(8-5-15)20-11-10-16-12-19(21-3)9-6-17(16)13-20/h4-9,12,14H,10-11,13H2,1-3H3. The molecule has 0 atom stereocenters. The van der Waals surface area contributed by atoms with Gasteiger partial charge in [0.15, 0.2) is 0 Å². The van der Waals surface area contributed by atoms with Gasteiger partial charge in [-0.1, -0.05) is 32.0 Å². The number of fused-ring (bicyclic) bond motifs is 1. The van der Waals surface area contributed by atoms with Gasteiger partial charge in [-0.05, 0) is 53.3 Å². The smallest absolute Gasteiger partial charge is 0.119 e. The molecular formula is C19H23NO. The maximum atomic E-state index is 5.31. The molecule has 0 aliphatic carbocycles. The number of anilines is 1. The SMILES string of the molecule is COc1ccc2c(c1)CCN(c1ccc(C(C)C)cc1)C2. The minimum atomic E-state index is 0.591. The second-order valence-electron chi connectivity index (χ2n) is 6.05. The van der Waals surface area contributed by atoms with Crippen molar-refractivity contribution in [3.05, 3.63) is 59.2 Å². The Kier molecular flexibility index (Phi) is 3.87. The summed E-state index contributed by atoms with van der Waals surface area (Å²) in [5.74, 6) is 1.55. The van der Waals surface area contributed by atoms with Crippen LogP contribution in [0.1, 0.15) is 36.5 Å². The lowest BCUT2D eigenvalue weighted by molar-refractivity contribution is 0.414. The van der Waals surface area contributed by atoms with Crippen LogP contribution in [-0.4, -0.2) is 13.7 Å². The van der Waals surface area contributed by atoms with Gasteiger partial charge in [0.25, 0.3) is 0 Å². The number of benzene rings is 2. The predicted molar refractivity (Wildman–Crippen MR) is 88.3 cm³/mol. The Morgan fingerprint density at radius 2 is 1.76 bits per heavy atom. The van der Waals surface area contributed by atoms with E-state index in [9.17, 15) is 0 Å². The first-order chi connectivity index (χ1) is 10.2. The molecule has 0 N–H and O–H groups in total. The van der Waals surface area contributed by atoms with Crippen LogP contribution in [0.15, 0.2) is 42.5 Å². The van der Waals surface area contributed by atoms with Crippen molar-refractivity contribution in [2.45, 2.75) is 32.7 Å². The minimum absolute atomic E-state index is 0.591. The second-order valence-corrected chi connectivity index (χ2v) is 6.05. The molecule has 0 unspecified atom stereocenters. The molecule has 0 bridgehead atoms. The minimum Gasteiger partial charge on any atom is -0.497 e. The zero-order valence-corrected chi connectivity index (χ0v) is 13.1. The van der Waals surface area contributed by atoms with Crippen molar-refractivity contribution in [2.75, 3.05) is 18.6 Å². The summed E-state index contributed by atoms with van der Waals surface area (Å²) >= 11 is 0. The first-order valence-corrected chi connectivity index (χ1v) is 7.68. The van der Waals surface area contributed by atoms with E-state index in [0.29, 0.717) is 5.92 Å². The maximum absolute atomic E-state index is 5.31. The quantitative estimate of drug-likeness (QED) is 0.827. The highest BCUT2D eigenvalue weighted by atomic mass is 16.5. The van der Waals surface area contributed by atoms with Gasteiger partial charge in [0.1, 0.15) is 5.75 Å². The molecule has 2 aromatic rings. The lowest BCUT2D eigenvalue weighted by atomic mass is 9.98. The molecule has 110 valence electrons. The molecule has 3 rings (SSSR count). The molecule has 2 aromatic carbocycles. The van der Waals surface area contributed by atoms with Gasteiger partial charge in [0.2, 0.25) is 0 Å². The molecule has 1 aliphatic rings. The van der Waals surface area contributed by atoms with Crippen LogP contribution in [0.4, 0.5) is 5.69 Å². The Bertz CT molecular complexity index is 616. The molecule has 0 saturated carbocycles. The summed E-state index contributed by atoms with van der Waals surface area (Å²) in [5, 5.41) is 0. The number of rotatable bonds is 3. The molecule has 1 heterocycles. The van der Waals surface area contributed by atoms with Gasteiger partial charge in [0.05, 0.1) is 7.11 Å². The summed E-state index contributed by atoms with van der Waals surface area (Å²) in [5.41, 5.74) is 5.56. The van der Waals surface area contributed by atoms with E-state index < -0.39 is 0 Å². The lowest BCUT2D eigenvalue weighted by Crippen LogP contribution is -2.30. The molecule has 1 aliphatic heterocycles. The van der Waals surface area contributed by atoms with E-state index in [1.165, 1.54) is 22.4 Å². The van der Waals surface area contributed by atoms with Crippen LogP contribution in [0.25, 0.3) is 0 Å². The third kappa shape index (κ3) is 2.90. The monoisotopic (exact) mass is 281 g/mol. The van der Waals surface area contributed by atoms with E-state index in [-0.39, 0.29) is 0 Å². The molecule has 0 amide bonds. The fraction of sp³-hybridized carbons (Fsp3) is 0.368. The number of hydrogen-bond donors (Lipinski definition) is 0. The van der Waals surface area contributed by atoms with Crippen LogP contribution in [0.3, 0.4) is 0 Å². The lowest BCUT2D eigenvalue weighted by Gasteiger charge is -2.31. The van der Waals surface area contributed by atoms with E-state index in [0.717, 1.165) is 25.3 Å². The molecule has 0 spiro atoms. The van der Waals surface area contributed by atoms with Crippen LogP contribution in [0.2, 0.25) is 0 Å². The van der Waals surface area contributed by atoms with Crippen LogP contribution in [-0.2, 0) is 13.0 Å². The highest BCUT2D eigenvalue weighted by Gasteiger charge is 2.17.